The maximum Gasteiger partial charge on any atom is 0.253 e. The van der Waals surface area contributed by atoms with Gasteiger partial charge in [-0.05, 0) is 29.8 Å². The maximum absolute atomic E-state index is 12.1. The smallest absolute Gasteiger partial charge is 0.253 e. The van der Waals surface area contributed by atoms with Gasteiger partial charge in [0.2, 0.25) is 5.95 Å². The number of carbonyl (C=O) groups is 1. The first-order chi connectivity index (χ1) is 16.0. The molecule has 0 saturated heterocycles. The highest BCUT2D eigenvalue weighted by atomic mass is 16.3. The van der Waals surface area contributed by atoms with E-state index >= 15 is 0 Å². The summed E-state index contributed by atoms with van der Waals surface area (Å²) in [4.78, 5) is 22.6. The Hall–Kier alpha value is -4.31. The molecule has 0 fully saturated rings. The average Bonchev–Trinajstić information content (AvgIpc) is 3.38. The molecule has 4 rings (SSSR count). The lowest BCUT2D eigenvalue weighted by molar-refractivity contribution is 0.0827. The number of aromatic amines is 1. The minimum Gasteiger partial charge on any atom is -0.394 e. The van der Waals surface area contributed by atoms with E-state index in [1.54, 1.807) is 50.8 Å². The molecular weight excluding hydrogens is 420 g/mol. The molecule has 4 aromatic rings. The van der Waals surface area contributed by atoms with Gasteiger partial charge in [-0.25, -0.2) is 4.98 Å². The number of carbonyl (C=O) groups excluding carboxylic acids is 1. The summed E-state index contributed by atoms with van der Waals surface area (Å²) >= 11 is 0. The number of rotatable bonds is 8. The van der Waals surface area contributed by atoms with Crippen LogP contribution in [-0.2, 0) is 0 Å². The molecule has 1 atom stereocenters. The topological polar surface area (TPSA) is 132 Å². The Morgan fingerprint density at radius 1 is 1.09 bits per heavy atom. The molecule has 0 radical (unpaired) electrons. The summed E-state index contributed by atoms with van der Waals surface area (Å²) in [5.41, 5.74) is 3.44. The molecule has 10 nitrogen and oxygen atoms in total. The van der Waals surface area contributed by atoms with Gasteiger partial charge in [-0.1, -0.05) is 30.3 Å². The van der Waals surface area contributed by atoms with Gasteiger partial charge in [0.25, 0.3) is 5.91 Å². The van der Waals surface area contributed by atoms with E-state index in [0.717, 1.165) is 11.3 Å². The molecule has 0 saturated carbocycles. The zero-order valence-electron chi connectivity index (χ0n) is 18.2. The number of amides is 1. The van der Waals surface area contributed by atoms with E-state index in [4.69, 9.17) is 0 Å². The number of nitrogens with one attached hydrogen (secondary N) is 3. The Labute approximate surface area is 190 Å². The maximum atomic E-state index is 12.1. The standard InChI is InChI=1S/C23H24N8O2/c1-31(2)22(33)16-8-10-17(11-9-16)26-23-24-12-18(19-13-25-30-29-19)21(28-23)27-20(14-32)15-6-4-3-5-7-15/h3-13,20,32H,14H2,1-2H3,(H,25,29,30)(H2,24,26,27,28)/t20-/m1/s1. The van der Waals surface area contributed by atoms with Crippen molar-refractivity contribution in [3.63, 3.8) is 0 Å². The van der Waals surface area contributed by atoms with E-state index in [1.807, 2.05) is 30.3 Å². The molecule has 1 amide bonds. The van der Waals surface area contributed by atoms with Gasteiger partial charge in [-0.2, -0.15) is 20.4 Å². The average molecular weight is 444 g/mol. The van der Waals surface area contributed by atoms with Gasteiger partial charge >= 0.3 is 0 Å². The molecule has 2 heterocycles. The van der Waals surface area contributed by atoms with Gasteiger partial charge in [0.1, 0.15) is 11.5 Å². The van der Waals surface area contributed by atoms with Crippen molar-refractivity contribution in [1.29, 1.82) is 0 Å². The van der Waals surface area contributed by atoms with Crippen LogP contribution < -0.4 is 10.6 Å². The molecule has 0 aliphatic rings. The third-order valence-electron chi connectivity index (χ3n) is 4.97. The molecule has 0 aliphatic heterocycles. The van der Waals surface area contributed by atoms with Crippen LogP contribution in [0.3, 0.4) is 0 Å². The molecule has 4 N–H and O–H groups in total. The molecule has 2 aromatic carbocycles. The van der Waals surface area contributed by atoms with Crippen LogP contribution >= 0.6 is 0 Å². The van der Waals surface area contributed by atoms with E-state index in [0.29, 0.717) is 28.6 Å². The van der Waals surface area contributed by atoms with Crippen LogP contribution in [0.5, 0.6) is 0 Å². The zero-order valence-corrected chi connectivity index (χ0v) is 18.2. The second-order valence-electron chi connectivity index (χ2n) is 7.50. The van der Waals surface area contributed by atoms with Crippen molar-refractivity contribution < 1.29 is 9.90 Å². The fourth-order valence-electron chi connectivity index (χ4n) is 3.24. The van der Waals surface area contributed by atoms with Crippen molar-refractivity contribution in [2.45, 2.75) is 6.04 Å². The van der Waals surface area contributed by atoms with Crippen molar-refractivity contribution in [2.75, 3.05) is 31.3 Å². The summed E-state index contributed by atoms with van der Waals surface area (Å²) < 4.78 is 0. The highest BCUT2D eigenvalue weighted by Crippen LogP contribution is 2.28. The largest absolute Gasteiger partial charge is 0.394 e. The normalized spacial score (nSPS) is 11.6. The first-order valence-corrected chi connectivity index (χ1v) is 10.3. The van der Waals surface area contributed by atoms with E-state index in [1.165, 1.54) is 4.90 Å². The number of aliphatic hydroxyl groups excluding tert-OH is 1. The Kier molecular flexibility index (Phi) is 6.56. The zero-order chi connectivity index (χ0) is 23.2. The second-order valence-corrected chi connectivity index (χ2v) is 7.50. The number of hydrogen-bond donors (Lipinski definition) is 4. The predicted molar refractivity (Wildman–Crippen MR) is 125 cm³/mol. The van der Waals surface area contributed by atoms with Gasteiger partial charge in [0, 0.05) is 31.5 Å². The van der Waals surface area contributed by atoms with Crippen LogP contribution in [0.15, 0.2) is 67.0 Å². The molecule has 33 heavy (non-hydrogen) atoms. The van der Waals surface area contributed by atoms with E-state index in [-0.39, 0.29) is 18.6 Å². The Balaban J connectivity index is 1.62. The summed E-state index contributed by atoms with van der Waals surface area (Å²) in [6.07, 6.45) is 3.22. The Bertz CT molecular complexity index is 1200. The van der Waals surface area contributed by atoms with Crippen molar-refractivity contribution in [2.24, 2.45) is 0 Å². The van der Waals surface area contributed by atoms with Crippen LogP contribution in [0.4, 0.5) is 17.5 Å². The molecule has 0 bridgehead atoms. The van der Waals surface area contributed by atoms with Crippen LogP contribution in [0.2, 0.25) is 0 Å². The monoisotopic (exact) mass is 444 g/mol. The minimum atomic E-state index is -0.379. The quantitative estimate of drug-likeness (QED) is 0.326. The van der Waals surface area contributed by atoms with Gasteiger partial charge < -0.3 is 20.6 Å². The fourth-order valence-corrected chi connectivity index (χ4v) is 3.24. The number of hydrogen-bond acceptors (Lipinski definition) is 8. The summed E-state index contributed by atoms with van der Waals surface area (Å²) in [7, 11) is 3.42. The van der Waals surface area contributed by atoms with Gasteiger partial charge in [0.15, 0.2) is 0 Å². The number of benzene rings is 2. The lowest BCUT2D eigenvalue weighted by atomic mass is 10.1. The minimum absolute atomic E-state index is 0.0720. The van der Waals surface area contributed by atoms with Crippen molar-refractivity contribution >= 4 is 23.4 Å². The summed E-state index contributed by atoms with van der Waals surface area (Å²) in [6.45, 7) is -0.129. The third-order valence-corrected chi connectivity index (χ3v) is 4.97. The lowest BCUT2D eigenvalue weighted by Crippen LogP contribution is -2.21. The SMILES string of the molecule is CN(C)C(=O)c1ccc(Nc2ncc(-c3cn[nH]n3)c(N[C@H](CO)c3ccccc3)n2)cc1. The predicted octanol–water partition coefficient (Wildman–Crippen LogP) is 2.85. The molecular formula is C23H24N8O2. The molecule has 0 aliphatic carbocycles. The van der Waals surface area contributed by atoms with Crippen LogP contribution in [0.1, 0.15) is 22.0 Å². The number of anilines is 3. The van der Waals surface area contributed by atoms with E-state index < -0.39 is 0 Å². The summed E-state index contributed by atoms with van der Waals surface area (Å²) in [6, 6.07) is 16.3. The fraction of sp³-hybridized carbons (Fsp3) is 0.174. The lowest BCUT2D eigenvalue weighted by Gasteiger charge is -2.19. The van der Waals surface area contributed by atoms with E-state index in [2.05, 4.69) is 36.0 Å². The molecule has 0 unspecified atom stereocenters. The number of H-pyrrole nitrogens is 1. The van der Waals surface area contributed by atoms with Gasteiger partial charge in [-0.3, -0.25) is 4.79 Å². The highest BCUT2D eigenvalue weighted by molar-refractivity contribution is 5.94. The highest BCUT2D eigenvalue weighted by Gasteiger charge is 2.17. The summed E-state index contributed by atoms with van der Waals surface area (Å²) in [5, 5.41) is 27.0. The van der Waals surface area contributed by atoms with Crippen molar-refractivity contribution in [3.8, 4) is 11.3 Å². The molecule has 10 heteroatoms. The molecule has 2 aromatic heterocycles. The number of aliphatic hydroxyl groups is 1. The Morgan fingerprint density at radius 3 is 2.48 bits per heavy atom. The Morgan fingerprint density at radius 2 is 1.85 bits per heavy atom. The third kappa shape index (κ3) is 5.13. The first kappa shape index (κ1) is 21.9. The van der Waals surface area contributed by atoms with Gasteiger partial charge in [0.05, 0.1) is 24.4 Å². The number of aromatic nitrogens is 5. The van der Waals surface area contributed by atoms with Crippen LogP contribution in [0.25, 0.3) is 11.3 Å². The second kappa shape index (κ2) is 9.88. The molecule has 168 valence electrons. The van der Waals surface area contributed by atoms with E-state index in [9.17, 15) is 9.90 Å². The molecule has 0 spiro atoms. The number of nitrogens with zero attached hydrogens (tertiary/aromatic N) is 5. The van der Waals surface area contributed by atoms with Crippen molar-refractivity contribution in [3.05, 3.63) is 78.1 Å². The van der Waals surface area contributed by atoms with Crippen LogP contribution in [0, 0.1) is 0 Å². The summed E-state index contributed by atoms with van der Waals surface area (Å²) in [5.74, 6) is 0.766. The van der Waals surface area contributed by atoms with Gasteiger partial charge in [-0.15, -0.1) is 0 Å². The van der Waals surface area contributed by atoms with Crippen LogP contribution in [-0.4, -0.2) is 62.0 Å². The first-order valence-electron chi connectivity index (χ1n) is 10.3. The van der Waals surface area contributed by atoms with Crippen molar-refractivity contribution in [1.82, 2.24) is 30.3 Å².